The van der Waals surface area contributed by atoms with Crippen LogP contribution in [0.3, 0.4) is 0 Å². The number of aromatic nitrogens is 2. The van der Waals surface area contributed by atoms with E-state index < -0.39 is 72.2 Å². The van der Waals surface area contributed by atoms with Crippen LogP contribution in [0, 0.1) is 12.8 Å². The van der Waals surface area contributed by atoms with Gasteiger partial charge in [0.05, 0.1) is 17.0 Å². The van der Waals surface area contributed by atoms with Gasteiger partial charge in [0.1, 0.15) is 18.8 Å². The molecule has 1 aromatic rings. The SMILES string of the molecule is Cc1cn([C@@H]2O[C@H](COC(=O)C(C)C)[C@@]3(OS(=O)(=O)C=C3N)[C@H]2O[Si](C)(C)C(C)(C)C)c(=O)n(C)c1=O. The molecule has 1 spiro atoms. The zero-order chi connectivity index (χ0) is 28.3. The van der Waals surface area contributed by atoms with Gasteiger partial charge in [0, 0.05) is 18.8 Å². The van der Waals surface area contributed by atoms with Crippen molar-refractivity contribution < 1.29 is 31.3 Å². The van der Waals surface area contributed by atoms with Crippen molar-refractivity contribution in [2.45, 2.75) is 83.7 Å². The third-order valence-electron chi connectivity index (χ3n) is 7.27. The second kappa shape index (κ2) is 9.49. The van der Waals surface area contributed by atoms with Gasteiger partial charge in [0.25, 0.3) is 15.7 Å². The Balaban J connectivity index is 2.26. The highest BCUT2D eigenvalue weighted by Gasteiger charge is 2.67. The lowest BCUT2D eigenvalue weighted by molar-refractivity contribution is -0.154. The molecule has 0 aromatic carbocycles. The fourth-order valence-corrected chi connectivity index (χ4v) is 6.57. The number of hydrogen-bond acceptors (Lipinski definition) is 10. The molecule has 1 aromatic heterocycles. The standard InChI is InChI=1S/C23H37N3O9SSi/c1-13(2)20(28)32-11-16-23(15(24)12-36(30,31)35-23)17(34-37(8,9)22(4,5)6)19(33-16)26-10-14(3)18(27)25(7)21(26)29/h10,12-13,16-17,19H,11,24H2,1-9H3/t16-,17+,19-,23-/m1/s1. The Bertz CT molecular complexity index is 1340. The molecule has 4 atom stereocenters. The highest BCUT2D eigenvalue weighted by Crippen LogP contribution is 2.51. The number of nitrogens with zero attached hydrogens (tertiary/aromatic N) is 2. The van der Waals surface area contributed by atoms with E-state index in [-0.39, 0.29) is 16.3 Å². The van der Waals surface area contributed by atoms with Gasteiger partial charge in [0.2, 0.25) is 0 Å². The van der Waals surface area contributed by atoms with Crippen LogP contribution >= 0.6 is 0 Å². The Hall–Kier alpha value is -2.26. The summed E-state index contributed by atoms with van der Waals surface area (Å²) < 4.78 is 51.4. The number of hydrogen-bond donors (Lipinski definition) is 1. The Morgan fingerprint density at radius 2 is 1.86 bits per heavy atom. The second-order valence-electron chi connectivity index (χ2n) is 11.4. The molecule has 0 aliphatic carbocycles. The first kappa shape index (κ1) is 29.3. The third kappa shape index (κ3) is 5.09. The molecule has 2 aliphatic rings. The molecule has 1 saturated heterocycles. The van der Waals surface area contributed by atoms with E-state index in [0.29, 0.717) is 0 Å². The van der Waals surface area contributed by atoms with Gasteiger partial charge in [0.15, 0.2) is 20.1 Å². The number of nitrogens with two attached hydrogens (primary N) is 1. The van der Waals surface area contributed by atoms with E-state index in [2.05, 4.69) is 0 Å². The molecule has 2 N–H and O–H groups in total. The Morgan fingerprint density at radius 3 is 2.35 bits per heavy atom. The fraction of sp³-hybridized carbons (Fsp3) is 0.696. The molecule has 0 unspecified atom stereocenters. The van der Waals surface area contributed by atoms with Gasteiger partial charge in [-0.25, -0.2) is 8.98 Å². The van der Waals surface area contributed by atoms with Crippen LogP contribution in [0.5, 0.6) is 0 Å². The van der Waals surface area contributed by atoms with E-state index in [0.717, 1.165) is 9.98 Å². The third-order valence-corrected chi connectivity index (χ3v) is 12.8. The maximum Gasteiger partial charge on any atom is 0.332 e. The van der Waals surface area contributed by atoms with E-state index in [1.807, 2.05) is 33.9 Å². The largest absolute Gasteiger partial charge is 0.463 e. The summed E-state index contributed by atoms with van der Waals surface area (Å²) >= 11 is 0. The first-order valence-corrected chi connectivity index (χ1v) is 16.3. The highest BCUT2D eigenvalue weighted by atomic mass is 32.2. The Kier molecular flexibility index (Phi) is 7.51. The summed E-state index contributed by atoms with van der Waals surface area (Å²) in [6.45, 7) is 14.3. The second-order valence-corrected chi connectivity index (χ2v) is 17.6. The number of aryl methyl sites for hydroxylation is 1. The van der Waals surface area contributed by atoms with Crippen LogP contribution in [0.4, 0.5) is 0 Å². The van der Waals surface area contributed by atoms with E-state index in [1.54, 1.807) is 20.8 Å². The molecular weight excluding hydrogens is 522 g/mol. The van der Waals surface area contributed by atoms with Gasteiger partial charge < -0.3 is 19.6 Å². The van der Waals surface area contributed by atoms with Crippen molar-refractivity contribution in [2.75, 3.05) is 6.61 Å². The van der Waals surface area contributed by atoms with Gasteiger partial charge >= 0.3 is 11.7 Å². The first-order valence-electron chi connectivity index (χ1n) is 12.0. The smallest absolute Gasteiger partial charge is 0.332 e. The molecule has 1 fully saturated rings. The van der Waals surface area contributed by atoms with Crippen LogP contribution in [0.1, 0.15) is 46.4 Å². The highest BCUT2D eigenvalue weighted by molar-refractivity contribution is 7.90. The summed E-state index contributed by atoms with van der Waals surface area (Å²) in [5.74, 6) is -0.995. The van der Waals surface area contributed by atoms with Crippen molar-refractivity contribution in [3.8, 4) is 0 Å². The van der Waals surface area contributed by atoms with Gasteiger partial charge in [-0.3, -0.25) is 18.7 Å². The number of carbonyl (C=O) groups is 1. The van der Waals surface area contributed by atoms with Crippen molar-refractivity contribution in [3.05, 3.63) is 43.7 Å². The molecule has 2 aliphatic heterocycles. The lowest BCUT2D eigenvalue weighted by Gasteiger charge is -2.43. The van der Waals surface area contributed by atoms with Crippen molar-refractivity contribution in [1.82, 2.24) is 9.13 Å². The van der Waals surface area contributed by atoms with Crippen LogP contribution < -0.4 is 17.0 Å². The lowest BCUT2D eigenvalue weighted by atomic mass is 9.89. The van der Waals surface area contributed by atoms with Gasteiger partial charge in [-0.05, 0) is 25.1 Å². The average Bonchev–Trinajstić information content (AvgIpc) is 3.18. The lowest BCUT2D eigenvalue weighted by Crippen LogP contribution is -2.59. The van der Waals surface area contributed by atoms with Crippen molar-refractivity contribution in [1.29, 1.82) is 0 Å². The fourth-order valence-electron chi connectivity index (χ4n) is 4.06. The van der Waals surface area contributed by atoms with Crippen molar-refractivity contribution >= 4 is 24.4 Å². The monoisotopic (exact) mass is 559 g/mol. The quantitative estimate of drug-likeness (QED) is 0.305. The van der Waals surface area contributed by atoms with Crippen LogP contribution in [-0.4, -0.2) is 56.3 Å². The van der Waals surface area contributed by atoms with E-state index in [4.69, 9.17) is 23.8 Å². The predicted molar refractivity (Wildman–Crippen MR) is 137 cm³/mol. The molecule has 14 heteroatoms. The summed E-state index contributed by atoms with van der Waals surface area (Å²) in [4.78, 5) is 37.9. The minimum atomic E-state index is -4.25. The maximum absolute atomic E-state index is 13.2. The zero-order valence-corrected chi connectivity index (χ0v) is 24.5. The molecule has 208 valence electrons. The summed E-state index contributed by atoms with van der Waals surface area (Å²) in [7, 11) is -5.62. The predicted octanol–water partition coefficient (Wildman–Crippen LogP) is 1.24. The maximum atomic E-state index is 13.2. The molecular formula is C23H37N3O9SSi. The Morgan fingerprint density at radius 1 is 1.27 bits per heavy atom. The molecule has 37 heavy (non-hydrogen) atoms. The van der Waals surface area contributed by atoms with Gasteiger partial charge in [-0.15, -0.1) is 0 Å². The summed E-state index contributed by atoms with van der Waals surface area (Å²) in [5, 5.41) is 0.452. The van der Waals surface area contributed by atoms with Crippen LogP contribution in [0.2, 0.25) is 18.1 Å². The topological polar surface area (TPSA) is 158 Å². The van der Waals surface area contributed by atoms with Crippen molar-refractivity contribution in [2.24, 2.45) is 18.7 Å². The summed E-state index contributed by atoms with van der Waals surface area (Å²) in [5.41, 5.74) is 3.26. The van der Waals surface area contributed by atoms with E-state index >= 15 is 0 Å². The minimum absolute atomic E-state index is 0.195. The van der Waals surface area contributed by atoms with Gasteiger partial charge in [-0.1, -0.05) is 34.6 Å². The molecule has 0 radical (unpaired) electrons. The molecule has 0 bridgehead atoms. The van der Waals surface area contributed by atoms with Crippen LogP contribution in [-0.2, 0) is 40.0 Å². The van der Waals surface area contributed by atoms with E-state index in [1.165, 1.54) is 17.8 Å². The molecule has 12 nitrogen and oxygen atoms in total. The van der Waals surface area contributed by atoms with Crippen molar-refractivity contribution in [3.63, 3.8) is 0 Å². The molecule has 0 saturated carbocycles. The number of carbonyl (C=O) groups excluding carboxylic acids is 1. The van der Waals surface area contributed by atoms with Crippen LogP contribution in [0.15, 0.2) is 26.9 Å². The zero-order valence-electron chi connectivity index (χ0n) is 22.7. The Labute approximate surface area is 217 Å². The molecule has 3 heterocycles. The van der Waals surface area contributed by atoms with Gasteiger partial charge in [-0.2, -0.15) is 8.42 Å². The number of esters is 1. The normalized spacial score (nSPS) is 27.6. The summed E-state index contributed by atoms with van der Waals surface area (Å²) in [6, 6.07) is 0. The molecule has 0 amide bonds. The average molecular weight is 560 g/mol. The summed E-state index contributed by atoms with van der Waals surface area (Å²) in [6.07, 6.45) is -2.40. The number of rotatable bonds is 6. The minimum Gasteiger partial charge on any atom is -0.463 e. The molecule has 3 rings (SSSR count). The van der Waals surface area contributed by atoms with E-state index in [9.17, 15) is 22.8 Å². The number of ether oxygens (including phenoxy) is 2. The first-order chi connectivity index (χ1) is 16.7. The van der Waals surface area contributed by atoms with Crippen LogP contribution in [0.25, 0.3) is 0 Å².